The van der Waals surface area contributed by atoms with Crippen LogP contribution >= 0.6 is 24.0 Å². The molecule has 1 saturated heterocycles. The second kappa shape index (κ2) is 11.7. The zero-order valence-electron chi connectivity index (χ0n) is 17.2. The third kappa shape index (κ3) is 6.55. The molecule has 2 aliphatic rings. The van der Waals surface area contributed by atoms with Crippen molar-refractivity contribution >= 4 is 35.8 Å². The first kappa shape index (κ1) is 23.9. The predicted octanol–water partition coefficient (Wildman–Crippen LogP) is 1.88. The Balaban J connectivity index is 0.00000300. The number of aliphatic hydroxyl groups is 1. The second-order valence-electron chi connectivity index (χ2n) is 7.75. The third-order valence-electron chi connectivity index (χ3n) is 5.73. The molecule has 0 aliphatic carbocycles. The maximum Gasteiger partial charge on any atom is 0.223 e. The van der Waals surface area contributed by atoms with E-state index in [1.807, 2.05) is 17.0 Å². The number of nitrogens with zero attached hydrogens (tertiary/aromatic N) is 2. The van der Waals surface area contributed by atoms with Gasteiger partial charge in [-0.3, -0.25) is 9.79 Å². The molecular formula is C21H33IN4O3. The Morgan fingerprint density at radius 3 is 2.59 bits per heavy atom. The van der Waals surface area contributed by atoms with Gasteiger partial charge in [0.1, 0.15) is 0 Å². The van der Waals surface area contributed by atoms with Crippen LogP contribution in [-0.2, 0) is 22.6 Å². The van der Waals surface area contributed by atoms with E-state index < -0.39 is 0 Å². The van der Waals surface area contributed by atoms with Crippen molar-refractivity contribution in [3.63, 3.8) is 0 Å². The lowest BCUT2D eigenvalue weighted by atomic mass is 9.84. The quantitative estimate of drug-likeness (QED) is 0.213. The molecule has 0 spiro atoms. The zero-order valence-corrected chi connectivity index (χ0v) is 19.5. The molecule has 3 N–H and O–H groups in total. The molecule has 2 heterocycles. The monoisotopic (exact) mass is 516 g/mol. The predicted molar refractivity (Wildman–Crippen MR) is 124 cm³/mol. The minimum atomic E-state index is -0.0207. The molecule has 1 unspecified atom stereocenters. The van der Waals surface area contributed by atoms with E-state index in [9.17, 15) is 9.90 Å². The van der Waals surface area contributed by atoms with Crippen LogP contribution in [0.15, 0.2) is 29.3 Å². The summed E-state index contributed by atoms with van der Waals surface area (Å²) in [6.07, 6.45) is 2.96. The van der Waals surface area contributed by atoms with Gasteiger partial charge in [-0.15, -0.1) is 24.0 Å². The smallest absolute Gasteiger partial charge is 0.223 e. The first-order valence-corrected chi connectivity index (χ1v) is 10.1. The minimum Gasteiger partial charge on any atom is -0.396 e. The van der Waals surface area contributed by atoms with Crippen LogP contribution in [0.2, 0.25) is 0 Å². The van der Waals surface area contributed by atoms with E-state index in [1.54, 1.807) is 7.05 Å². The summed E-state index contributed by atoms with van der Waals surface area (Å²) >= 11 is 0. The van der Waals surface area contributed by atoms with Crippen LogP contribution in [-0.4, -0.2) is 61.8 Å². The maximum atomic E-state index is 12.5. The van der Waals surface area contributed by atoms with Crippen molar-refractivity contribution in [3.8, 4) is 0 Å². The van der Waals surface area contributed by atoms with Gasteiger partial charge in [0.05, 0.1) is 6.61 Å². The first-order valence-electron chi connectivity index (χ1n) is 10.1. The summed E-state index contributed by atoms with van der Waals surface area (Å²) in [6.45, 7) is 4.44. The van der Waals surface area contributed by atoms with E-state index >= 15 is 0 Å². The van der Waals surface area contributed by atoms with E-state index in [0.717, 1.165) is 51.5 Å². The summed E-state index contributed by atoms with van der Waals surface area (Å²) in [6, 6.07) is 8.24. The Morgan fingerprint density at radius 2 is 2.00 bits per heavy atom. The molecule has 0 saturated carbocycles. The Bertz CT molecular complexity index is 667. The van der Waals surface area contributed by atoms with Gasteiger partial charge in [0.15, 0.2) is 5.96 Å². The number of amides is 1. The Hall–Kier alpha value is -1.39. The third-order valence-corrected chi connectivity index (χ3v) is 5.73. The number of carbonyl (C=O) groups is 1. The van der Waals surface area contributed by atoms with Gasteiger partial charge in [0, 0.05) is 58.3 Å². The highest BCUT2D eigenvalue weighted by Gasteiger charge is 2.34. The molecule has 8 heteroatoms. The molecule has 0 bridgehead atoms. The summed E-state index contributed by atoms with van der Waals surface area (Å²) in [5.74, 6) is 0.927. The molecule has 1 amide bonds. The minimum absolute atomic E-state index is 0. The molecule has 3 rings (SSSR count). The van der Waals surface area contributed by atoms with Crippen molar-refractivity contribution in [3.05, 3.63) is 35.4 Å². The number of fused-ring (bicyclic) bond motifs is 1. The average Bonchev–Trinajstić information content (AvgIpc) is 3.35. The number of halogens is 1. The van der Waals surface area contributed by atoms with Crippen LogP contribution in [0, 0.1) is 5.41 Å². The summed E-state index contributed by atoms with van der Waals surface area (Å²) in [4.78, 5) is 18.6. The molecule has 29 heavy (non-hydrogen) atoms. The number of hydrogen-bond donors (Lipinski definition) is 3. The number of ether oxygens (including phenoxy) is 1. The number of benzene rings is 1. The number of aliphatic hydroxyl groups excluding tert-OH is 1. The molecule has 1 aromatic rings. The maximum absolute atomic E-state index is 12.5. The van der Waals surface area contributed by atoms with E-state index in [-0.39, 0.29) is 41.9 Å². The highest BCUT2D eigenvalue weighted by Crippen LogP contribution is 2.31. The first-order chi connectivity index (χ1) is 13.7. The Morgan fingerprint density at radius 1 is 1.28 bits per heavy atom. The molecule has 0 radical (unpaired) electrons. The van der Waals surface area contributed by atoms with Crippen LogP contribution in [0.5, 0.6) is 0 Å². The molecule has 1 fully saturated rings. The molecule has 1 atom stereocenters. The fourth-order valence-electron chi connectivity index (χ4n) is 3.92. The van der Waals surface area contributed by atoms with Crippen molar-refractivity contribution in [2.45, 2.75) is 38.8 Å². The number of carbonyl (C=O) groups excluding carboxylic acids is 1. The van der Waals surface area contributed by atoms with Crippen LogP contribution in [0.25, 0.3) is 0 Å². The SMILES string of the molecule is CN=C(NCCCC(=O)N1Cc2ccccc2C1)NCC1(CCO)CCOC1.I. The highest BCUT2D eigenvalue weighted by molar-refractivity contribution is 14.0. The van der Waals surface area contributed by atoms with Crippen LogP contribution in [0.3, 0.4) is 0 Å². The Kier molecular flexibility index (Phi) is 9.64. The average molecular weight is 516 g/mol. The lowest BCUT2D eigenvalue weighted by Crippen LogP contribution is -2.44. The van der Waals surface area contributed by atoms with Crippen LogP contribution < -0.4 is 10.6 Å². The standard InChI is InChI=1S/C21H32N4O3.HI/c1-22-20(24-15-21(8-11-26)9-12-28-16-21)23-10-4-7-19(27)25-13-17-5-2-3-6-18(17)14-25;/h2-3,5-6,26H,4,7-16H2,1H3,(H2,22,23,24);1H. The van der Waals surface area contributed by atoms with E-state index in [4.69, 9.17) is 4.74 Å². The summed E-state index contributed by atoms with van der Waals surface area (Å²) in [5.41, 5.74) is 2.49. The summed E-state index contributed by atoms with van der Waals surface area (Å²) < 4.78 is 5.52. The molecule has 7 nitrogen and oxygen atoms in total. The number of guanidine groups is 1. The zero-order chi connectivity index (χ0) is 19.8. The van der Waals surface area contributed by atoms with Crippen molar-refractivity contribution in [2.24, 2.45) is 10.4 Å². The lowest BCUT2D eigenvalue weighted by molar-refractivity contribution is -0.131. The summed E-state index contributed by atoms with van der Waals surface area (Å²) in [7, 11) is 1.74. The van der Waals surface area contributed by atoms with Gasteiger partial charge in [0.2, 0.25) is 5.91 Å². The van der Waals surface area contributed by atoms with Crippen molar-refractivity contribution in [1.29, 1.82) is 0 Å². The molecule has 2 aliphatic heterocycles. The molecule has 162 valence electrons. The largest absolute Gasteiger partial charge is 0.396 e. The number of hydrogen-bond acceptors (Lipinski definition) is 4. The number of rotatable bonds is 8. The highest BCUT2D eigenvalue weighted by atomic mass is 127. The van der Waals surface area contributed by atoms with E-state index in [1.165, 1.54) is 11.1 Å². The lowest BCUT2D eigenvalue weighted by Gasteiger charge is -2.27. The molecular weight excluding hydrogens is 483 g/mol. The number of nitrogens with one attached hydrogen (secondary N) is 2. The van der Waals surface area contributed by atoms with Gasteiger partial charge >= 0.3 is 0 Å². The van der Waals surface area contributed by atoms with Gasteiger partial charge in [-0.05, 0) is 30.4 Å². The van der Waals surface area contributed by atoms with E-state index in [0.29, 0.717) is 19.6 Å². The van der Waals surface area contributed by atoms with Gasteiger partial charge in [0.25, 0.3) is 0 Å². The second-order valence-corrected chi connectivity index (χ2v) is 7.75. The van der Waals surface area contributed by atoms with Gasteiger partial charge in [-0.1, -0.05) is 24.3 Å². The molecule has 0 aromatic heterocycles. The number of aliphatic imine (C=N–C) groups is 1. The molecule has 1 aromatic carbocycles. The van der Waals surface area contributed by atoms with Crippen molar-refractivity contribution in [2.75, 3.05) is 40.0 Å². The Labute approximate surface area is 190 Å². The fraction of sp³-hybridized carbons (Fsp3) is 0.619. The summed E-state index contributed by atoms with van der Waals surface area (Å²) in [5, 5.41) is 15.9. The van der Waals surface area contributed by atoms with Gasteiger partial charge in [-0.2, -0.15) is 0 Å². The van der Waals surface area contributed by atoms with Crippen LogP contribution in [0.1, 0.15) is 36.8 Å². The normalized spacial score (nSPS) is 20.9. The van der Waals surface area contributed by atoms with Gasteiger partial charge in [-0.25, -0.2) is 0 Å². The fourth-order valence-corrected chi connectivity index (χ4v) is 3.92. The van der Waals surface area contributed by atoms with Gasteiger partial charge < -0.3 is 25.4 Å². The van der Waals surface area contributed by atoms with E-state index in [2.05, 4.69) is 27.8 Å². The van der Waals surface area contributed by atoms with Crippen molar-refractivity contribution < 1.29 is 14.6 Å². The van der Waals surface area contributed by atoms with Crippen LogP contribution in [0.4, 0.5) is 0 Å². The topological polar surface area (TPSA) is 86.2 Å². The van der Waals surface area contributed by atoms with Crippen molar-refractivity contribution in [1.82, 2.24) is 15.5 Å².